The zero-order chi connectivity index (χ0) is 20.7. The van der Waals surface area contributed by atoms with Crippen molar-refractivity contribution in [2.24, 2.45) is 0 Å². The Morgan fingerprint density at radius 3 is 2.47 bits per heavy atom. The van der Waals surface area contributed by atoms with Crippen molar-refractivity contribution in [3.63, 3.8) is 0 Å². The molecule has 1 saturated heterocycles. The monoisotopic (exact) mass is 400 g/mol. The predicted molar refractivity (Wildman–Crippen MR) is 120 cm³/mol. The van der Waals surface area contributed by atoms with E-state index in [2.05, 4.69) is 47.9 Å². The van der Waals surface area contributed by atoms with Crippen molar-refractivity contribution in [3.05, 3.63) is 48.8 Å². The molecule has 0 unspecified atom stereocenters. The quantitative estimate of drug-likeness (QED) is 0.520. The molecule has 0 aliphatic carbocycles. The summed E-state index contributed by atoms with van der Waals surface area (Å²) in [5, 5.41) is 2.13. The molecule has 1 aliphatic rings. The van der Waals surface area contributed by atoms with Crippen molar-refractivity contribution in [3.8, 4) is 0 Å². The maximum absolute atomic E-state index is 4.74. The summed E-state index contributed by atoms with van der Waals surface area (Å²) >= 11 is 0. The largest absolute Gasteiger partial charge is 0.368 e. The van der Waals surface area contributed by atoms with Gasteiger partial charge in [-0.3, -0.25) is 4.98 Å². The summed E-state index contributed by atoms with van der Waals surface area (Å²) in [6.07, 6.45) is 5.24. The highest BCUT2D eigenvalue weighted by Gasteiger charge is 2.21. The molecular formula is C22H24N8. The van der Waals surface area contributed by atoms with Gasteiger partial charge in [0, 0.05) is 62.9 Å². The summed E-state index contributed by atoms with van der Waals surface area (Å²) in [5.74, 6) is 2.72. The van der Waals surface area contributed by atoms with E-state index in [1.54, 1.807) is 12.5 Å². The van der Waals surface area contributed by atoms with Gasteiger partial charge in [0.25, 0.3) is 0 Å². The second-order valence-corrected chi connectivity index (χ2v) is 7.75. The van der Waals surface area contributed by atoms with E-state index < -0.39 is 0 Å². The second kappa shape index (κ2) is 7.37. The molecule has 8 nitrogen and oxygen atoms in total. The Balaban J connectivity index is 1.41. The number of pyridine rings is 1. The molecule has 152 valence electrons. The number of piperazine rings is 1. The molecule has 0 N–H and O–H groups in total. The molecule has 4 heterocycles. The van der Waals surface area contributed by atoms with Gasteiger partial charge in [-0.2, -0.15) is 0 Å². The molecule has 0 spiro atoms. The van der Waals surface area contributed by atoms with Crippen LogP contribution in [0.2, 0.25) is 0 Å². The highest BCUT2D eigenvalue weighted by atomic mass is 15.3. The minimum absolute atomic E-state index is 0.777. The summed E-state index contributed by atoms with van der Waals surface area (Å²) in [6, 6.07) is 8.44. The molecule has 4 aromatic rings. The zero-order valence-corrected chi connectivity index (χ0v) is 17.4. The number of hydrogen-bond donors (Lipinski definition) is 0. The molecule has 0 saturated carbocycles. The summed E-state index contributed by atoms with van der Waals surface area (Å²) in [4.78, 5) is 29.1. The number of rotatable bonds is 3. The smallest absolute Gasteiger partial charge is 0.140 e. The fourth-order valence-corrected chi connectivity index (χ4v) is 4.08. The van der Waals surface area contributed by atoms with Crippen LogP contribution in [0.5, 0.6) is 0 Å². The van der Waals surface area contributed by atoms with Crippen molar-refractivity contribution in [2.75, 3.05) is 55.0 Å². The normalized spacial score (nSPS) is 14.5. The second-order valence-electron chi connectivity index (χ2n) is 7.75. The summed E-state index contributed by atoms with van der Waals surface area (Å²) in [6.45, 7) is 5.58. The molecule has 0 bridgehead atoms. The fraction of sp³-hybridized carbons (Fsp3) is 0.318. The minimum Gasteiger partial charge on any atom is -0.368 e. The molecule has 0 radical (unpaired) electrons. The standard InChI is InChI=1S/C22H24N8/c1-15-26-20-13-23-7-6-17(20)22(27-15)30-10-8-29(9-11-30)16-4-5-19-18(12-16)21(28(2)3)25-14-24-19/h4-7,12-14H,8-11H2,1-3H3. The number of fused-ring (bicyclic) bond motifs is 2. The fourth-order valence-electron chi connectivity index (χ4n) is 4.08. The average molecular weight is 400 g/mol. The van der Waals surface area contributed by atoms with Crippen LogP contribution in [0.3, 0.4) is 0 Å². The zero-order valence-electron chi connectivity index (χ0n) is 17.4. The SMILES string of the molecule is Cc1nc(N2CCN(c3ccc4ncnc(N(C)C)c4c3)CC2)c2ccncc2n1. The predicted octanol–water partition coefficient (Wildman–Crippen LogP) is 2.67. The third kappa shape index (κ3) is 3.24. The number of aromatic nitrogens is 5. The van der Waals surface area contributed by atoms with Crippen LogP contribution < -0.4 is 14.7 Å². The number of hydrogen-bond acceptors (Lipinski definition) is 8. The van der Waals surface area contributed by atoms with Crippen LogP contribution >= 0.6 is 0 Å². The van der Waals surface area contributed by atoms with Crippen molar-refractivity contribution in [2.45, 2.75) is 6.92 Å². The Hall–Kier alpha value is -3.55. The lowest BCUT2D eigenvalue weighted by Crippen LogP contribution is -2.47. The Morgan fingerprint density at radius 2 is 1.67 bits per heavy atom. The molecule has 3 aromatic heterocycles. The van der Waals surface area contributed by atoms with Gasteiger partial charge in [0.15, 0.2) is 0 Å². The summed E-state index contributed by atoms with van der Waals surface area (Å²) in [7, 11) is 4.02. The molecular weight excluding hydrogens is 376 g/mol. The van der Waals surface area contributed by atoms with E-state index in [9.17, 15) is 0 Å². The molecule has 1 aliphatic heterocycles. The maximum atomic E-state index is 4.74. The van der Waals surface area contributed by atoms with E-state index in [0.29, 0.717) is 0 Å². The van der Waals surface area contributed by atoms with Gasteiger partial charge in [0.05, 0.1) is 17.2 Å². The van der Waals surface area contributed by atoms with Crippen LogP contribution in [0, 0.1) is 6.92 Å². The first-order chi connectivity index (χ1) is 14.6. The van der Waals surface area contributed by atoms with Crippen LogP contribution in [0.15, 0.2) is 43.0 Å². The van der Waals surface area contributed by atoms with Gasteiger partial charge >= 0.3 is 0 Å². The van der Waals surface area contributed by atoms with Crippen LogP contribution in [-0.2, 0) is 0 Å². The molecule has 8 heteroatoms. The molecule has 0 amide bonds. The van der Waals surface area contributed by atoms with Crippen LogP contribution in [-0.4, -0.2) is 65.2 Å². The van der Waals surface area contributed by atoms with Gasteiger partial charge in [-0.15, -0.1) is 0 Å². The first kappa shape index (κ1) is 18.5. The Bertz CT molecular complexity index is 1210. The molecule has 30 heavy (non-hydrogen) atoms. The minimum atomic E-state index is 0.777. The van der Waals surface area contributed by atoms with E-state index in [-0.39, 0.29) is 0 Å². The third-order valence-electron chi connectivity index (χ3n) is 5.56. The average Bonchev–Trinajstić information content (AvgIpc) is 2.77. The van der Waals surface area contributed by atoms with Gasteiger partial charge < -0.3 is 14.7 Å². The number of benzene rings is 1. The molecule has 5 rings (SSSR count). The Labute approximate surface area is 175 Å². The molecule has 1 aromatic carbocycles. The number of anilines is 3. The van der Waals surface area contributed by atoms with Crippen molar-refractivity contribution in [1.29, 1.82) is 0 Å². The van der Waals surface area contributed by atoms with Crippen molar-refractivity contribution < 1.29 is 0 Å². The van der Waals surface area contributed by atoms with E-state index in [1.165, 1.54) is 5.69 Å². The summed E-state index contributed by atoms with van der Waals surface area (Å²) < 4.78 is 0. The Morgan fingerprint density at radius 1 is 0.867 bits per heavy atom. The number of nitrogens with zero attached hydrogens (tertiary/aromatic N) is 8. The topological polar surface area (TPSA) is 74.2 Å². The lowest BCUT2D eigenvalue weighted by Gasteiger charge is -2.37. The van der Waals surface area contributed by atoms with Gasteiger partial charge in [-0.05, 0) is 31.2 Å². The number of aryl methyl sites for hydroxylation is 1. The highest BCUT2D eigenvalue weighted by molar-refractivity contribution is 5.92. The van der Waals surface area contributed by atoms with E-state index in [4.69, 9.17) is 4.98 Å². The highest BCUT2D eigenvalue weighted by Crippen LogP contribution is 2.29. The van der Waals surface area contributed by atoms with E-state index in [0.717, 1.165) is 65.4 Å². The summed E-state index contributed by atoms with van der Waals surface area (Å²) in [5.41, 5.74) is 3.06. The first-order valence-electron chi connectivity index (χ1n) is 10.1. The molecule has 1 fully saturated rings. The maximum Gasteiger partial charge on any atom is 0.140 e. The lowest BCUT2D eigenvalue weighted by atomic mass is 10.1. The van der Waals surface area contributed by atoms with Crippen molar-refractivity contribution in [1.82, 2.24) is 24.9 Å². The van der Waals surface area contributed by atoms with E-state index in [1.807, 2.05) is 38.2 Å². The van der Waals surface area contributed by atoms with Gasteiger partial charge in [0.2, 0.25) is 0 Å². The first-order valence-corrected chi connectivity index (χ1v) is 10.1. The van der Waals surface area contributed by atoms with Gasteiger partial charge in [-0.25, -0.2) is 19.9 Å². The van der Waals surface area contributed by atoms with E-state index >= 15 is 0 Å². The molecule has 0 atom stereocenters. The van der Waals surface area contributed by atoms with Gasteiger partial charge in [0.1, 0.15) is 23.8 Å². The van der Waals surface area contributed by atoms with Crippen LogP contribution in [0.4, 0.5) is 17.3 Å². The third-order valence-corrected chi connectivity index (χ3v) is 5.56. The lowest BCUT2D eigenvalue weighted by molar-refractivity contribution is 0.648. The van der Waals surface area contributed by atoms with Crippen LogP contribution in [0.25, 0.3) is 21.8 Å². The van der Waals surface area contributed by atoms with Crippen LogP contribution in [0.1, 0.15) is 5.82 Å². The van der Waals surface area contributed by atoms with Gasteiger partial charge in [-0.1, -0.05) is 0 Å². The van der Waals surface area contributed by atoms with Crippen molar-refractivity contribution >= 4 is 39.1 Å². The Kier molecular flexibility index (Phi) is 4.54.